The number of hydrogen-bond donors (Lipinski definition) is 2. The first-order valence-electron chi connectivity index (χ1n) is 5.35. The Hall–Kier alpha value is -1.42. The van der Waals surface area contributed by atoms with Crippen LogP contribution in [0.2, 0.25) is 0 Å². The predicted octanol–water partition coefficient (Wildman–Crippen LogP) is 2.02. The largest absolute Gasteiger partial charge is 0.339 e. The smallest absolute Gasteiger partial charge is 0.177 e. The van der Waals surface area contributed by atoms with E-state index >= 15 is 0 Å². The summed E-state index contributed by atoms with van der Waals surface area (Å²) in [6.45, 7) is 5.26. The number of nitrogens with one attached hydrogen (secondary N) is 2. The zero-order chi connectivity index (χ0) is 10.7. The average Bonchev–Trinajstić information content (AvgIpc) is 2.69. The molecule has 0 aliphatic rings. The van der Waals surface area contributed by atoms with Crippen LogP contribution in [-0.2, 0) is 0 Å². The van der Waals surface area contributed by atoms with Crippen LogP contribution in [0.4, 0.5) is 0 Å². The highest BCUT2D eigenvalue weighted by molar-refractivity contribution is 5.69. The summed E-state index contributed by atoms with van der Waals surface area (Å²) in [4.78, 5) is 11.9. The third-order valence-electron chi connectivity index (χ3n) is 2.39. The van der Waals surface area contributed by atoms with Crippen molar-refractivity contribution in [2.75, 3.05) is 6.54 Å². The number of fused-ring (bicyclic) bond motifs is 1. The Balaban J connectivity index is 2.20. The van der Waals surface area contributed by atoms with Gasteiger partial charge in [0.25, 0.3) is 0 Å². The van der Waals surface area contributed by atoms with Crippen molar-refractivity contribution in [3.05, 3.63) is 24.2 Å². The van der Waals surface area contributed by atoms with E-state index in [2.05, 4.69) is 34.1 Å². The summed E-state index contributed by atoms with van der Waals surface area (Å²) in [5, 5.41) is 3.39. The Morgan fingerprint density at radius 1 is 1.53 bits per heavy atom. The maximum Gasteiger partial charge on any atom is 0.177 e. The van der Waals surface area contributed by atoms with Gasteiger partial charge in [-0.15, -0.1) is 0 Å². The van der Waals surface area contributed by atoms with E-state index < -0.39 is 0 Å². The minimum atomic E-state index is 0.249. The van der Waals surface area contributed by atoms with Crippen molar-refractivity contribution in [2.45, 2.75) is 26.3 Å². The lowest BCUT2D eigenvalue weighted by Crippen LogP contribution is -2.20. The first-order valence-corrected chi connectivity index (χ1v) is 5.35. The Morgan fingerprint density at radius 2 is 2.40 bits per heavy atom. The van der Waals surface area contributed by atoms with Crippen molar-refractivity contribution in [3.8, 4) is 0 Å². The lowest BCUT2D eigenvalue weighted by molar-refractivity contribution is 0.550. The number of H-pyrrole nitrogens is 1. The summed E-state index contributed by atoms with van der Waals surface area (Å²) in [7, 11) is 0. The molecule has 2 aromatic rings. The highest BCUT2D eigenvalue weighted by atomic mass is 15.0. The molecular weight excluding hydrogens is 188 g/mol. The molecule has 0 aliphatic heterocycles. The number of aromatic amines is 1. The molecule has 15 heavy (non-hydrogen) atoms. The first-order chi connectivity index (χ1) is 7.31. The second kappa shape index (κ2) is 4.40. The van der Waals surface area contributed by atoms with Crippen LogP contribution in [0, 0.1) is 0 Å². The Bertz CT molecular complexity index is 402. The van der Waals surface area contributed by atoms with E-state index in [0.717, 1.165) is 30.0 Å². The van der Waals surface area contributed by atoms with Crippen LogP contribution >= 0.6 is 0 Å². The monoisotopic (exact) mass is 204 g/mol. The fourth-order valence-corrected chi connectivity index (χ4v) is 1.53. The minimum Gasteiger partial charge on any atom is -0.339 e. The molecule has 0 saturated heterocycles. The van der Waals surface area contributed by atoms with Gasteiger partial charge in [0.05, 0.1) is 11.6 Å². The second-order valence-corrected chi connectivity index (χ2v) is 3.67. The van der Waals surface area contributed by atoms with Crippen LogP contribution in [0.1, 0.15) is 32.1 Å². The van der Waals surface area contributed by atoms with Gasteiger partial charge in [-0.05, 0) is 32.0 Å². The molecule has 0 aromatic carbocycles. The van der Waals surface area contributed by atoms with Crippen molar-refractivity contribution in [2.24, 2.45) is 0 Å². The normalized spacial score (nSPS) is 13.2. The van der Waals surface area contributed by atoms with Gasteiger partial charge in [-0.3, -0.25) is 0 Å². The average molecular weight is 204 g/mol. The number of nitrogens with zero attached hydrogens (tertiary/aromatic N) is 2. The number of imidazole rings is 1. The third-order valence-corrected chi connectivity index (χ3v) is 2.39. The number of pyridine rings is 1. The standard InChI is InChI=1S/C11H16N4/c1-3-6-12-8(2)10-14-9-5-4-7-13-11(9)15-10/h4-5,7-8,12H,3,6H2,1-2H3,(H,13,14,15). The summed E-state index contributed by atoms with van der Waals surface area (Å²) in [5.74, 6) is 0.956. The van der Waals surface area contributed by atoms with Crippen LogP contribution in [0.5, 0.6) is 0 Å². The second-order valence-electron chi connectivity index (χ2n) is 3.67. The molecule has 1 atom stereocenters. The van der Waals surface area contributed by atoms with Crippen molar-refractivity contribution in [1.29, 1.82) is 0 Å². The van der Waals surface area contributed by atoms with Gasteiger partial charge >= 0.3 is 0 Å². The van der Waals surface area contributed by atoms with Crippen LogP contribution in [0.15, 0.2) is 18.3 Å². The molecule has 80 valence electrons. The molecule has 2 rings (SSSR count). The fourth-order valence-electron chi connectivity index (χ4n) is 1.53. The molecule has 4 nitrogen and oxygen atoms in total. The molecule has 0 aliphatic carbocycles. The molecule has 1 unspecified atom stereocenters. The Morgan fingerprint density at radius 3 is 3.13 bits per heavy atom. The maximum atomic E-state index is 4.44. The van der Waals surface area contributed by atoms with Crippen molar-refractivity contribution < 1.29 is 0 Å². The number of rotatable bonds is 4. The molecule has 0 spiro atoms. The Labute approximate surface area is 89.1 Å². The first kappa shape index (κ1) is 10.1. The van der Waals surface area contributed by atoms with Crippen molar-refractivity contribution in [3.63, 3.8) is 0 Å². The highest BCUT2D eigenvalue weighted by Gasteiger charge is 2.09. The molecule has 0 radical (unpaired) electrons. The summed E-state index contributed by atoms with van der Waals surface area (Å²) in [5.41, 5.74) is 1.79. The molecular formula is C11H16N4. The van der Waals surface area contributed by atoms with Crippen LogP contribution in [-0.4, -0.2) is 21.5 Å². The predicted molar refractivity (Wildman–Crippen MR) is 60.6 cm³/mol. The number of aromatic nitrogens is 3. The zero-order valence-corrected chi connectivity index (χ0v) is 9.12. The van der Waals surface area contributed by atoms with Gasteiger partial charge in [0.15, 0.2) is 5.65 Å². The minimum absolute atomic E-state index is 0.249. The molecule has 2 heterocycles. The lowest BCUT2D eigenvalue weighted by atomic mass is 10.3. The topological polar surface area (TPSA) is 53.6 Å². The van der Waals surface area contributed by atoms with E-state index in [4.69, 9.17) is 0 Å². The van der Waals surface area contributed by atoms with Crippen molar-refractivity contribution >= 4 is 11.2 Å². The van der Waals surface area contributed by atoms with Gasteiger partial charge < -0.3 is 10.3 Å². The summed E-state index contributed by atoms with van der Waals surface area (Å²) >= 11 is 0. The van der Waals surface area contributed by atoms with Gasteiger partial charge in [0.2, 0.25) is 0 Å². The van der Waals surface area contributed by atoms with E-state index in [1.165, 1.54) is 0 Å². The van der Waals surface area contributed by atoms with Crippen LogP contribution < -0.4 is 5.32 Å². The quantitative estimate of drug-likeness (QED) is 0.801. The zero-order valence-electron chi connectivity index (χ0n) is 9.12. The highest BCUT2D eigenvalue weighted by Crippen LogP contribution is 2.13. The van der Waals surface area contributed by atoms with Gasteiger partial charge in [0.1, 0.15) is 5.82 Å². The van der Waals surface area contributed by atoms with Crippen LogP contribution in [0.25, 0.3) is 11.2 Å². The summed E-state index contributed by atoms with van der Waals surface area (Å²) < 4.78 is 0. The maximum absolute atomic E-state index is 4.44. The molecule has 4 heteroatoms. The molecule has 2 N–H and O–H groups in total. The van der Waals surface area contributed by atoms with Gasteiger partial charge in [-0.1, -0.05) is 6.92 Å². The van der Waals surface area contributed by atoms with Gasteiger partial charge in [-0.2, -0.15) is 0 Å². The van der Waals surface area contributed by atoms with E-state index in [9.17, 15) is 0 Å². The van der Waals surface area contributed by atoms with Crippen LogP contribution in [0.3, 0.4) is 0 Å². The summed E-state index contributed by atoms with van der Waals surface area (Å²) in [6.07, 6.45) is 2.89. The third kappa shape index (κ3) is 2.15. The molecule has 0 saturated carbocycles. The molecule has 0 fully saturated rings. The lowest BCUT2D eigenvalue weighted by Gasteiger charge is -2.09. The SMILES string of the molecule is CCCNC(C)c1nc2ncccc2[nH]1. The van der Waals surface area contributed by atoms with Gasteiger partial charge in [0, 0.05) is 6.20 Å². The summed E-state index contributed by atoms with van der Waals surface area (Å²) in [6, 6.07) is 4.15. The van der Waals surface area contributed by atoms with Gasteiger partial charge in [-0.25, -0.2) is 9.97 Å². The molecule has 0 bridgehead atoms. The number of hydrogen-bond acceptors (Lipinski definition) is 3. The van der Waals surface area contributed by atoms with E-state index in [1.54, 1.807) is 6.20 Å². The molecule has 0 amide bonds. The molecule has 2 aromatic heterocycles. The van der Waals surface area contributed by atoms with E-state index in [-0.39, 0.29) is 6.04 Å². The Kier molecular flexibility index (Phi) is 2.97. The van der Waals surface area contributed by atoms with E-state index in [1.807, 2.05) is 12.1 Å². The fraction of sp³-hybridized carbons (Fsp3) is 0.455. The van der Waals surface area contributed by atoms with Crippen molar-refractivity contribution in [1.82, 2.24) is 20.3 Å². The van der Waals surface area contributed by atoms with E-state index in [0.29, 0.717) is 0 Å².